The summed E-state index contributed by atoms with van der Waals surface area (Å²) in [6, 6.07) is 10.8. The van der Waals surface area contributed by atoms with Gasteiger partial charge in [0.25, 0.3) is 0 Å². The van der Waals surface area contributed by atoms with Crippen molar-refractivity contribution in [2.75, 3.05) is 16.3 Å². The zero-order chi connectivity index (χ0) is 26.5. The van der Waals surface area contributed by atoms with Crippen LogP contribution in [-0.4, -0.2) is 30.6 Å². The van der Waals surface area contributed by atoms with E-state index >= 15 is 0 Å². The maximum absolute atomic E-state index is 12.5. The van der Waals surface area contributed by atoms with E-state index in [-0.39, 0.29) is 22.6 Å². The van der Waals surface area contributed by atoms with E-state index in [2.05, 4.69) is 47.0 Å². The number of aromatic nitrogens is 2. The Morgan fingerprint density at radius 1 is 1.00 bits per heavy atom. The van der Waals surface area contributed by atoms with Gasteiger partial charge in [0.15, 0.2) is 0 Å². The molecular weight excluding hydrogens is 493 g/mol. The van der Waals surface area contributed by atoms with Gasteiger partial charge in [-0.2, -0.15) is 0 Å². The fourth-order valence-corrected chi connectivity index (χ4v) is 6.23. The smallest absolute Gasteiger partial charge is 0.406 e. The van der Waals surface area contributed by atoms with Crippen molar-refractivity contribution in [3.63, 3.8) is 0 Å². The van der Waals surface area contributed by atoms with E-state index in [0.29, 0.717) is 22.8 Å². The molecule has 0 unspecified atom stereocenters. The van der Waals surface area contributed by atoms with Crippen molar-refractivity contribution in [3.05, 3.63) is 42.5 Å². The van der Waals surface area contributed by atoms with Crippen LogP contribution in [0.1, 0.15) is 53.0 Å². The Kier molecular flexibility index (Phi) is 6.43. The van der Waals surface area contributed by atoms with E-state index in [1.54, 1.807) is 12.1 Å². The first-order chi connectivity index (χ1) is 16.5. The molecule has 2 aromatic carbocycles. The molecule has 1 aromatic heterocycles. The highest BCUT2D eigenvalue weighted by molar-refractivity contribution is 7.92. The van der Waals surface area contributed by atoms with Gasteiger partial charge >= 0.3 is 6.36 Å². The second-order valence-electron chi connectivity index (χ2n) is 11.1. The maximum atomic E-state index is 12.5. The first-order valence-electron chi connectivity index (χ1n) is 11.6. The lowest BCUT2D eigenvalue weighted by atomic mass is 9.63. The van der Waals surface area contributed by atoms with Crippen molar-refractivity contribution in [2.45, 2.75) is 59.4 Å². The number of alkyl halides is 3. The zero-order valence-electron chi connectivity index (χ0n) is 20.9. The third kappa shape index (κ3) is 6.43. The van der Waals surface area contributed by atoms with Crippen molar-refractivity contribution in [1.29, 1.82) is 0 Å². The molecule has 1 saturated carbocycles. The minimum atomic E-state index is -4.76. The summed E-state index contributed by atoms with van der Waals surface area (Å²) in [7, 11) is -3.46. The summed E-state index contributed by atoms with van der Waals surface area (Å²) in [5.41, 5.74) is 2.57. The third-order valence-electron chi connectivity index (χ3n) is 6.24. The van der Waals surface area contributed by atoms with E-state index in [4.69, 9.17) is 4.98 Å². The molecular formula is C25H31F3N4O3S. The van der Waals surface area contributed by atoms with Gasteiger partial charge in [0.2, 0.25) is 16.0 Å². The van der Waals surface area contributed by atoms with Crippen LogP contribution < -0.4 is 14.8 Å². The average Bonchev–Trinajstić information content (AvgIpc) is 3.01. The van der Waals surface area contributed by atoms with Gasteiger partial charge < -0.3 is 14.6 Å². The molecule has 196 valence electrons. The van der Waals surface area contributed by atoms with Gasteiger partial charge in [0.1, 0.15) is 5.75 Å². The molecule has 36 heavy (non-hydrogen) atoms. The van der Waals surface area contributed by atoms with Gasteiger partial charge in [-0.25, -0.2) is 13.4 Å². The number of halogens is 3. The van der Waals surface area contributed by atoms with Gasteiger partial charge in [-0.05, 0) is 72.6 Å². The van der Waals surface area contributed by atoms with Crippen LogP contribution in [0.2, 0.25) is 0 Å². The van der Waals surface area contributed by atoms with Gasteiger partial charge in [-0.3, -0.25) is 4.72 Å². The first-order valence-corrected chi connectivity index (χ1v) is 13.5. The molecule has 7 nitrogen and oxygen atoms in total. The zero-order valence-corrected chi connectivity index (χ0v) is 21.7. The number of benzene rings is 2. The Bertz CT molecular complexity index is 1350. The van der Waals surface area contributed by atoms with E-state index < -0.39 is 16.4 Å². The second-order valence-corrected chi connectivity index (χ2v) is 12.9. The van der Waals surface area contributed by atoms with Crippen LogP contribution in [0.3, 0.4) is 0 Å². The SMILES string of the molecule is CC1(C)CC(n2c(Nc3ccc(OC(F)(F)F)cc3)nc3cc(NS(C)(=O)=O)ccc32)CC(C)(C)C1. The standard InChI is InChI=1S/C25H31F3N4O3S/c1-23(2)13-18(14-24(3,4)15-23)32-21-11-8-17(31-36(5,33)34)12-20(21)30-22(32)29-16-6-9-19(10-7-16)35-25(26,27)28/h6-12,18,31H,13-15H2,1-5H3,(H,29,30). The summed E-state index contributed by atoms with van der Waals surface area (Å²) >= 11 is 0. The number of sulfonamides is 1. The summed E-state index contributed by atoms with van der Waals surface area (Å²) in [5, 5.41) is 3.25. The topological polar surface area (TPSA) is 85.2 Å². The molecule has 1 heterocycles. The minimum Gasteiger partial charge on any atom is -0.406 e. The van der Waals surface area contributed by atoms with Gasteiger partial charge in [0.05, 0.1) is 23.0 Å². The van der Waals surface area contributed by atoms with Crippen molar-refractivity contribution < 1.29 is 26.3 Å². The summed E-state index contributed by atoms with van der Waals surface area (Å²) in [6.07, 6.45) is -0.770. The van der Waals surface area contributed by atoms with E-state index in [0.717, 1.165) is 31.0 Å². The van der Waals surface area contributed by atoms with Crippen LogP contribution in [0.15, 0.2) is 42.5 Å². The van der Waals surface area contributed by atoms with Crippen molar-refractivity contribution in [3.8, 4) is 5.75 Å². The Labute approximate surface area is 209 Å². The molecule has 1 fully saturated rings. The Morgan fingerprint density at radius 2 is 1.58 bits per heavy atom. The largest absolute Gasteiger partial charge is 0.573 e. The monoisotopic (exact) mass is 524 g/mol. The lowest BCUT2D eigenvalue weighted by molar-refractivity contribution is -0.274. The maximum Gasteiger partial charge on any atom is 0.573 e. The molecule has 4 rings (SSSR count). The fraction of sp³-hybridized carbons (Fsp3) is 0.480. The fourth-order valence-electron chi connectivity index (χ4n) is 5.67. The molecule has 0 saturated heterocycles. The van der Waals surface area contributed by atoms with E-state index in [1.807, 2.05) is 6.07 Å². The van der Waals surface area contributed by atoms with Crippen LogP contribution in [0.5, 0.6) is 5.75 Å². The van der Waals surface area contributed by atoms with Crippen LogP contribution in [0.25, 0.3) is 11.0 Å². The third-order valence-corrected chi connectivity index (χ3v) is 6.84. The molecule has 0 spiro atoms. The van der Waals surface area contributed by atoms with Gasteiger partial charge in [-0.15, -0.1) is 13.2 Å². The highest BCUT2D eigenvalue weighted by Crippen LogP contribution is 2.51. The van der Waals surface area contributed by atoms with E-state index in [1.165, 1.54) is 24.3 Å². The number of fused-ring (bicyclic) bond motifs is 1. The predicted octanol–water partition coefficient (Wildman–Crippen LogP) is 6.83. The summed E-state index contributed by atoms with van der Waals surface area (Å²) in [4.78, 5) is 4.76. The molecule has 11 heteroatoms. The highest BCUT2D eigenvalue weighted by atomic mass is 32.2. The molecule has 3 aromatic rings. The normalized spacial score (nSPS) is 18.2. The van der Waals surface area contributed by atoms with Crippen molar-refractivity contribution in [1.82, 2.24) is 9.55 Å². The number of hydrogen-bond donors (Lipinski definition) is 2. The van der Waals surface area contributed by atoms with Crippen molar-refractivity contribution in [2.24, 2.45) is 10.8 Å². The molecule has 0 atom stereocenters. The predicted molar refractivity (Wildman–Crippen MR) is 135 cm³/mol. The number of nitrogens with one attached hydrogen (secondary N) is 2. The van der Waals surface area contributed by atoms with Crippen LogP contribution >= 0.6 is 0 Å². The first kappa shape index (κ1) is 26.1. The minimum absolute atomic E-state index is 0.0919. The molecule has 0 aliphatic heterocycles. The highest BCUT2D eigenvalue weighted by Gasteiger charge is 2.40. The molecule has 1 aliphatic rings. The second kappa shape index (κ2) is 8.86. The van der Waals surface area contributed by atoms with Gasteiger partial charge in [-0.1, -0.05) is 27.7 Å². The summed E-state index contributed by atoms with van der Waals surface area (Å²) in [6.45, 7) is 9.00. The Morgan fingerprint density at radius 3 is 2.14 bits per heavy atom. The molecule has 0 amide bonds. The quantitative estimate of drug-likeness (QED) is 0.369. The van der Waals surface area contributed by atoms with Crippen LogP contribution in [0.4, 0.5) is 30.5 Å². The number of imidazole rings is 1. The summed E-state index contributed by atoms with van der Waals surface area (Å²) in [5.74, 6) is 0.221. The number of ether oxygens (including phenoxy) is 1. The lowest BCUT2D eigenvalue weighted by Gasteiger charge is -2.45. The van der Waals surface area contributed by atoms with Crippen molar-refractivity contribution >= 4 is 38.4 Å². The molecule has 0 radical (unpaired) electrons. The molecule has 0 bridgehead atoms. The average molecular weight is 525 g/mol. The number of nitrogens with zero attached hydrogens (tertiary/aromatic N) is 2. The number of anilines is 3. The number of hydrogen-bond acceptors (Lipinski definition) is 5. The van der Waals surface area contributed by atoms with E-state index in [9.17, 15) is 21.6 Å². The van der Waals surface area contributed by atoms with Crippen LogP contribution in [0, 0.1) is 10.8 Å². The molecule has 1 aliphatic carbocycles. The van der Waals surface area contributed by atoms with Crippen LogP contribution in [-0.2, 0) is 10.0 Å². The molecule has 2 N–H and O–H groups in total. The lowest BCUT2D eigenvalue weighted by Crippen LogP contribution is -2.35. The Balaban J connectivity index is 1.76. The van der Waals surface area contributed by atoms with Gasteiger partial charge in [0, 0.05) is 11.7 Å². The Hall–Kier alpha value is -2.95. The summed E-state index contributed by atoms with van der Waals surface area (Å²) < 4.78 is 69.6. The number of rotatable bonds is 6.